The largest absolute Gasteiger partial charge is 0.462 e. The van der Waals surface area contributed by atoms with Crippen LogP contribution in [-0.2, 0) is 15.7 Å². The summed E-state index contributed by atoms with van der Waals surface area (Å²) >= 11 is 0. The first kappa shape index (κ1) is 15.3. The second-order valence-corrected chi connectivity index (χ2v) is 4.42. The van der Waals surface area contributed by atoms with E-state index in [0.29, 0.717) is 0 Å². The zero-order valence-corrected chi connectivity index (χ0v) is 11.0. The van der Waals surface area contributed by atoms with Crippen LogP contribution in [0.25, 0.3) is 0 Å². The van der Waals surface area contributed by atoms with E-state index in [4.69, 9.17) is 4.74 Å². The van der Waals surface area contributed by atoms with Crippen LogP contribution >= 0.6 is 0 Å². The fourth-order valence-electron chi connectivity index (χ4n) is 1.52. The lowest BCUT2D eigenvalue weighted by atomic mass is 10.1. The molecule has 0 radical (unpaired) electrons. The van der Waals surface area contributed by atoms with Crippen molar-refractivity contribution in [3.63, 3.8) is 0 Å². The van der Waals surface area contributed by atoms with Gasteiger partial charge in [0.15, 0.2) is 0 Å². The topological polar surface area (TPSA) is 38.3 Å². The number of hydrogen-bond acceptors (Lipinski definition) is 3. The van der Waals surface area contributed by atoms with Crippen LogP contribution in [0.15, 0.2) is 18.2 Å². The van der Waals surface area contributed by atoms with E-state index in [-0.39, 0.29) is 23.9 Å². The molecule has 3 nitrogen and oxygen atoms in total. The second-order valence-electron chi connectivity index (χ2n) is 4.42. The number of carbonyl (C=O) groups excluding carboxylic acids is 1. The summed E-state index contributed by atoms with van der Waals surface area (Å²) in [6.45, 7) is 4.62. The summed E-state index contributed by atoms with van der Waals surface area (Å²) in [6, 6.07) is 3.84. The van der Waals surface area contributed by atoms with E-state index in [1.807, 2.05) is 0 Å². The first-order valence-corrected chi connectivity index (χ1v) is 5.81. The van der Waals surface area contributed by atoms with E-state index < -0.39 is 17.7 Å². The molecule has 0 bridgehead atoms. The molecule has 0 unspecified atom stereocenters. The molecule has 0 spiro atoms. The standard InChI is InChI=1S/C13H16F3NO2/c1-8(2)19-12(18)7-17-10-5-4-9(3)11(6-10)13(14,15)16/h4-6,8,17H,7H2,1-3H3. The molecule has 1 N–H and O–H groups in total. The summed E-state index contributed by atoms with van der Waals surface area (Å²) in [5, 5.41) is 2.61. The van der Waals surface area contributed by atoms with E-state index in [2.05, 4.69) is 5.32 Å². The van der Waals surface area contributed by atoms with Crippen LogP contribution in [0.5, 0.6) is 0 Å². The number of anilines is 1. The number of nitrogens with one attached hydrogen (secondary N) is 1. The Bertz CT molecular complexity index is 456. The molecule has 0 heterocycles. The van der Waals surface area contributed by atoms with Crippen molar-refractivity contribution >= 4 is 11.7 Å². The molecule has 0 aliphatic carbocycles. The molecule has 0 saturated carbocycles. The number of halogens is 3. The van der Waals surface area contributed by atoms with Crippen LogP contribution in [0.3, 0.4) is 0 Å². The average molecular weight is 275 g/mol. The molecule has 0 aromatic heterocycles. The molecule has 19 heavy (non-hydrogen) atoms. The van der Waals surface area contributed by atoms with Crippen molar-refractivity contribution in [2.75, 3.05) is 11.9 Å². The Morgan fingerprint density at radius 3 is 2.53 bits per heavy atom. The van der Waals surface area contributed by atoms with Crippen LogP contribution in [0.4, 0.5) is 18.9 Å². The van der Waals surface area contributed by atoms with Gasteiger partial charge in [-0.05, 0) is 38.5 Å². The molecule has 0 atom stereocenters. The molecule has 1 aromatic rings. The Morgan fingerprint density at radius 1 is 1.37 bits per heavy atom. The van der Waals surface area contributed by atoms with Gasteiger partial charge in [0.2, 0.25) is 0 Å². The van der Waals surface area contributed by atoms with Gasteiger partial charge in [0, 0.05) is 5.69 Å². The number of rotatable bonds is 4. The lowest BCUT2D eigenvalue weighted by molar-refractivity contribution is -0.145. The van der Waals surface area contributed by atoms with Crippen LogP contribution in [-0.4, -0.2) is 18.6 Å². The first-order valence-electron chi connectivity index (χ1n) is 5.81. The number of ether oxygens (including phenoxy) is 1. The third kappa shape index (κ3) is 4.81. The van der Waals surface area contributed by atoms with E-state index in [9.17, 15) is 18.0 Å². The second kappa shape index (κ2) is 5.95. The highest BCUT2D eigenvalue weighted by molar-refractivity contribution is 5.75. The molecule has 0 saturated heterocycles. The van der Waals surface area contributed by atoms with Crippen LogP contribution in [0.2, 0.25) is 0 Å². The summed E-state index contributed by atoms with van der Waals surface area (Å²) < 4.78 is 42.9. The van der Waals surface area contributed by atoms with Crippen LogP contribution < -0.4 is 5.32 Å². The maximum atomic E-state index is 12.7. The molecule has 0 aliphatic heterocycles. The Balaban J connectivity index is 2.73. The summed E-state index contributed by atoms with van der Waals surface area (Å²) in [7, 11) is 0. The smallest absolute Gasteiger partial charge is 0.416 e. The minimum Gasteiger partial charge on any atom is -0.462 e. The van der Waals surface area contributed by atoms with Crippen molar-refractivity contribution in [3.8, 4) is 0 Å². The first-order chi connectivity index (χ1) is 8.70. The van der Waals surface area contributed by atoms with Gasteiger partial charge in [0.1, 0.15) is 6.54 Å². The number of esters is 1. The molecule has 1 aromatic carbocycles. The van der Waals surface area contributed by atoms with Gasteiger partial charge in [0.25, 0.3) is 0 Å². The minimum absolute atomic E-state index is 0.141. The quantitative estimate of drug-likeness (QED) is 0.856. The average Bonchev–Trinajstić information content (AvgIpc) is 2.25. The molecular formula is C13H16F3NO2. The van der Waals surface area contributed by atoms with Gasteiger partial charge in [0.05, 0.1) is 11.7 Å². The minimum atomic E-state index is -4.40. The number of carbonyl (C=O) groups is 1. The lowest BCUT2D eigenvalue weighted by Gasteiger charge is -2.13. The molecule has 0 amide bonds. The fourth-order valence-corrected chi connectivity index (χ4v) is 1.52. The van der Waals surface area contributed by atoms with Gasteiger partial charge in [-0.15, -0.1) is 0 Å². The highest BCUT2D eigenvalue weighted by Gasteiger charge is 2.32. The number of alkyl halides is 3. The lowest BCUT2D eigenvalue weighted by Crippen LogP contribution is -2.20. The van der Waals surface area contributed by atoms with Gasteiger partial charge in [-0.2, -0.15) is 13.2 Å². The Hall–Kier alpha value is -1.72. The van der Waals surface area contributed by atoms with Crippen molar-refractivity contribution in [3.05, 3.63) is 29.3 Å². The highest BCUT2D eigenvalue weighted by atomic mass is 19.4. The Morgan fingerprint density at radius 2 is 2.00 bits per heavy atom. The van der Waals surface area contributed by atoms with Crippen molar-refractivity contribution in [2.24, 2.45) is 0 Å². The van der Waals surface area contributed by atoms with Gasteiger partial charge in [-0.3, -0.25) is 4.79 Å². The Labute approximate surface area is 109 Å². The number of benzene rings is 1. The summed E-state index contributed by atoms with van der Waals surface area (Å²) in [5.41, 5.74) is -0.337. The highest BCUT2D eigenvalue weighted by Crippen LogP contribution is 2.33. The SMILES string of the molecule is Cc1ccc(NCC(=O)OC(C)C)cc1C(F)(F)F. The van der Waals surface area contributed by atoms with Gasteiger partial charge < -0.3 is 10.1 Å². The van der Waals surface area contributed by atoms with Gasteiger partial charge >= 0.3 is 12.1 Å². The number of hydrogen-bond donors (Lipinski definition) is 1. The van der Waals surface area contributed by atoms with Gasteiger partial charge in [-0.25, -0.2) is 0 Å². The maximum Gasteiger partial charge on any atom is 0.416 e. The summed E-state index contributed by atoms with van der Waals surface area (Å²) in [6.07, 6.45) is -4.65. The maximum absolute atomic E-state index is 12.7. The van der Waals surface area contributed by atoms with E-state index in [0.717, 1.165) is 6.07 Å². The van der Waals surface area contributed by atoms with Gasteiger partial charge in [-0.1, -0.05) is 6.07 Å². The third-order valence-electron chi connectivity index (χ3n) is 2.35. The molecule has 0 fully saturated rings. The normalized spacial score (nSPS) is 11.5. The Kier molecular flexibility index (Phi) is 4.80. The molecular weight excluding hydrogens is 259 g/mol. The van der Waals surface area contributed by atoms with Crippen LogP contribution in [0.1, 0.15) is 25.0 Å². The third-order valence-corrected chi connectivity index (χ3v) is 2.35. The predicted octanol–water partition coefficient (Wildman–Crippen LogP) is 3.38. The predicted molar refractivity (Wildman–Crippen MR) is 65.9 cm³/mol. The fraction of sp³-hybridized carbons (Fsp3) is 0.462. The zero-order valence-electron chi connectivity index (χ0n) is 11.0. The van der Waals surface area contributed by atoms with Crippen molar-refractivity contribution < 1.29 is 22.7 Å². The molecule has 106 valence electrons. The van der Waals surface area contributed by atoms with Crippen molar-refractivity contribution in [1.29, 1.82) is 0 Å². The molecule has 0 aliphatic rings. The van der Waals surface area contributed by atoms with E-state index >= 15 is 0 Å². The monoisotopic (exact) mass is 275 g/mol. The molecule has 1 rings (SSSR count). The summed E-state index contributed by atoms with van der Waals surface area (Å²) in [4.78, 5) is 11.3. The van der Waals surface area contributed by atoms with Crippen molar-refractivity contribution in [2.45, 2.75) is 33.1 Å². The van der Waals surface area contributed by atoms with E-state index in [1.165, 1.54) is 19.1 Å². The zero-order chi connectivity index (χ0) is 14.6. The van der Waals surface area contributed by atoms with Crippen LogP contribution in [0, 0.1) is 6.92 Å². The van der Waals surface area contributed by atoms with E-state index in [1.54, 1.807) is 13.8 Å². The van der Waals surface area contributed by atoms with Crippen molar-refractivity contribution in [1.82, 2.24) is 0 Å². The molecule has 6 heteroatoms. The summed E-state index contributed by atoms with van der Waals surface area (Å²) in [5.74, 6) is -0.510. The number of aryl methyl sites for hydroxylation is 1.